The van der Waals surface area contributed by atoms with Crippen LogP contribution in [0, 0.1) is 0 Å². The molecule has 0 aliphatic rings. The van der Waals surface area contributed by atoms with Crippen molar-refractivity contribution in [1.82, 2.24) is 5.32 Å². The quantitative estimate of drug-likeness (QED) is 0.777. The lowest BCUT2D eigenvalue weighted by Crippen LogP contribution is -2.22. The van der Waals surface area contributed by atoms with E-state index in [9.17, 15) is 0 Å². The van der Waals surface area contributed by atoms with Gasteiger partial charge < -0.3 is 5.32 Å². The Morgan fingerprint density at radius 3 is 2.65 bits per heavy atom. The summed E-state index contributed by atoms with van der Waals surface area (Å²) in [6.07, 6.45) is 1.12. The molecule has 0 aliphatic heterocycles. The van der Waals surface area contributed by atoms with Gasteiger partial charge in [0.15, 0.2) is 0 Å². The maximum atomic E-state index is 3.70. The average Bonchev–Trinajstić information content (AvgIpc) is 2.96. The van der Waals surface area contributed by atoms with E-state index in [4.69, 9.17) is 0 Å². The summed E-state index contributed by atoms with van der Waals surface area (Å²) >= 11 is 7.15. The summed E-state index contributed by atoms with van der Waals surface area (Å²) in [5.74, 6) is 0. The molecule has 2 atom stereocenters. The van der Waals surface area contributed by atoms with Crippen molar-refractivity contribution in [3.63, 3.8) is 0 Å². The summed E-state index contributed by atoms with van der Waals surface area (Å²) in [5.41, 5.74) is 0. The highest BCUT2D eigenvalue weighted by atomic mass is 79.9. The normalized spacial score (nSPS) is 14.8. The minimum Gasteiger partial charge on any atom is -0.302 e. The van der Waals surface area contributed by atoms with Crippen molar-refractivity contribution in [2.24, 2.45) is 0 Å². The minimum absolute atomic E-state index is 0.401. The van der Waals surface area contributed by atoms with Crippen LogP contribution in [0.2, 0.25) is 0 Å². The topological polar surface area (TPSA) is 12.0 Å². The minimum atomic E-state index is 0.401. The van der Waals surface area contributed by atoms with Gasteiger partial charge in [-0.1, -0.05) is 13.0 Å². The molecule has 0 saturated heterocycles. The van der Waals surface area contributed by atoms with Crippen molar-refractivity contribution < 1.29 is 0 Å². The van der Waals surface area contributed by atoms with Crippen molar-refractivity contribution in [1.29, 1.82) is 0 Å². The highest BCUT2D eigenvalue weighted by Gasteiger charge is 2.15. The molecule has 2 aromatic rings. The standard InChI is InChI=1S/C13H16BrNS2/c1-3-10(12-5-4-8-16-12)15-9(2)11-6-7-13(14)17-11/h4-10,15H,3H2,1-2H3. The summed E-state index contributed by atoms with van der Waals surface area (Å²) in [6.45, 7) is 4.46. The first-order chi connectivity index (χ1) is 8.20. The van der Waals surface area contributed by atoms with Crippen molar-refractivity contribution in [2.75, 3.05) is 0 Å². The van der Waals surface area contributed by atoms with Gasteiger partial charge >= 0.3 is 0 Å². The highest BCUT2D eigenvalue weighted by Crippen LogP contribution is 2.30. The maximum Gasteiger partial charge on any atom is 0.0701 e. The van der Waals surface area contributed by atoms with Crippen LogP contribution in [0.4, 0.5) is 0 Å². The molecule has 0 aliphatic carbocycles. The Morgan fingerprint density at radius 1 is 1.29 bits per heavy atom. The first kappa shape index (κ1) is 13.3. The second-order valence-electron chi connectivity index (χ2n) is 4.01. The third-order valence-electron chi connectivity index (χ3n) is 2.77. The Morgan fingerprint density at radius 2 is 2.12 bits per heavy atom. The molecular weight excluding hydrogens is 314 g/mol. The molecule has 0 aromatic carbocycles. The van der Waals surface area contributed by atoms with E-state index in [0.717, 1.165) is 6.42 Å². The van der Waals surface area contributed by atoms with Crippen LogP contribution >= 0.6 is 38.6 Å². The second-order valence-corrected chi connectivity index (χ2v) is 7.48. The Labute approximate surface area is 119 Å². The van der Waals surface area contributed by atoms with Crippen molar-refractivity contribution in [2.45, 2.75) is 32.4 Å². The molecule has 2 aromatic heterocycles. The van der Waals surface area contributed by atoms with Crippen LogP contribution in [0.15, 0.2) is 33.4 Å². The van der Waals surface area contributed by atoms with E-state index in [-0.39, 0.29) is 0 Å². The van der Waals surface area contributed by atoms with E-state index in [1.807, 2.05) is 11.3 Å². The van der Waals surface area contributed by atoms with Crippen LogP contribution in [-0.2, 0) is 0 Å². The van der Waals surface area contributed by atoms with E-state index >= 15 is 0 Å². The lowest BCUT2D eigenvalue weighted by molar-refractivity contribution is 0.466. The van der Waals surface area contributed by atoms with Gasteiger partial charge in [-0.15, -0.1) is 22.7 Å². The number of thiophene rings is 2. The van der Waals surface area contributed by atoms with E-state index in [1.165, 1.54) is 13.5 Å². The predicted molar refractivity (Wildman–Crippen MR) is 80.9 cm³/mol. The smallest absolute Gasteiger partial charge is 0.0701 e. The number of nitrogens with one attached hydrogen (secondary N) is 1. The second kappa shape index (κ2) is 6.14. The molecule has 2 rings (SSSR count). The third kappa shape index (κ3) is 3.41. The van der Waals surface area contributed by atoms with Gasteiger partial charge in [0.2, 0.25) is 0 Å². The van der Waals surface area contributed by atoms with Crippen LogP contribution in [0.1, 0.15) is 42.1 Å². The monoisotopic (exact) mass is 329 g/mol. The van der Waals surface area contributed by atoms with E-state index < -0.39 is 0 Å². The molecule has 2 unspecified atom stereocenters. The SMILES string of the molecule is CCC(NC(C)c1ccc(Br)s1)c1cccs1. The molecule has 0 fully saturated rings. The van der Waals surface area contributed by atoms with Gasteiger partial charge in [0.1, 0.15) is 0 Å². The fourth-order valence-electron chi connectivity index (χ4n) is 1.84. The van der Waals surface area contributed by atoms with E-state index in [0.29, 0.717) is 12.1 Å². The maximum absolute atomic E-state index is 3.70. The molecule has 1 N–H and O–H groups in total. The molecule has 0 radical (unpaired) electrons. The third-order valence-corrected chi connectivity index (χ3v) is 5.56. The van der Waals surface area contributed by atoms with Gasteiger partial charge in [0.25, 0.3) is 0 Å². The zero-order chi connectivity index (χ0) is 12.3. The number of halogens is 1. The molecule has 17 heavy (non-hydrogen) atoms. The zero-order valence-corrected chi connectivity index (χ0v) is 13.2. The fraction of sp³-hybridized carbons (Fsp3) is 0.385. The van der Waals surface area contributed by atoms with Gasteiger partial charge in [-0.2, -0.15) is 0 Å². The van der Waals surface area contributed by atoms with E-state index in [1.54, 1.807) is 11.3 Å². The van der Waals surface area contributed by atoms with Gasteiger partial charge in [-0.05, 0) is 52.9 Å². The summed E-state index contributed by atoms with van der Waals surface area (Å²) in [6, 6.07) is 9.50. The first-order valence-corrected chi connectivity index (χ1v) is 8.24. The molecule has 0 bridgehead atoms. The van der Waals surface area contributed by atoms with Gasteiger partial charge in [0, 0.05) is 21.8 Å². The van der Waals surface area contributed by atoms with Gasteiger partial charge in [-0.25, -0.2) is 0 Å². The average molecular weight is 330 g/mol. The predicted octanol–water partition coefficient (Wildman–Crippen LogP) is 5.37. The van der Waals surface area contributed by atoms with Crippen molar-refractivity contribution in [3.05, 3.63) is 43.2 Å². The van der Waals surface area contributed by atoms with Crippen LogP contribution in [-0.4, -0.2) is 0 Å². The molecular formula is C13H16BrNS2. The lowest BCUT2D eigenvalue weighted by Gasteiger charge is -2.20. The van der Waals surface area contributed by atoms with Crippen LogP contribution in [0.25, 0.3) is 0 Å². The summed E-state index contributed by atoms with van der Waals surface area (Å²) in [4.78, 5) is 2.81. The Kier molecular flexibility index (Phi) is 4.79. The number of hydrogen-bond donors (Lipinski definition) is 1. The molecule has 0 saturated carbocycles. The van der Waals surface area contributed by atoms with Crippen LogP contribution < -0.4 is 5.32 Å². The summed E-state index contributed by atoms with van der Waals surface area (Å²) in [7, 11) is 0. The number of rotatable bonds is 5. The lowest BCUT2D eigenvalue weighted by atomic mass is 10.1. The van der Waals surface area contributed by atoms with Crippen molar-refractivity contribution >= 4 is 38.6 Å². The first-order valence-electron chi connectivity index (χ1n) is 5.75. The largest absolute Gasteiger partial charge is 0.302 e. The van der Waals surface area contributed by atoms with Gasteiger partial charge in [-0.3, -0.25) is 0 Å². The Hall–Kier alpha value is -0.160. The molecule has 92 valence electrons. The highest BCUT2D eigenvalue weighted by molar-refractivity contribution is 9.11. The molecule has 0 spiro atoms. The van der Waals surface area contributed by atoms with Crippen LogP contribution in [0.5, 0.6) is 0 Å². The van der Waals surface area contributed by atoms with Crippen molar-refractivity contribution in [3.8, 4) is 0 Å². The number of hydrogen-bond acceptors (Lipinski definition) is 3. The molecule has 1 nitrogen and oxygen atoms in total. The van der Waals surface area contributed by atoms with Gasteiger partial charge in [0.05, 0.1) is 3.79 Å². The molecule has 0 amide bonds. The summed E-state index contributed by atoms with van der Waals surface area (Å²) < 4.78 is 1.20. The summed E-state index contributed by atoms with van der Waals surface area (Å²) in [5, 5.41) is 5.84. The van der Waals surface area contributed by atoms with E-state index in [2.05, 4.69) is 64.7 Å². The zero-order valence-electron chi connectivity index (χ0n) is 9.94. The Bertz CT molecular complexity index is 450. The van der Waals surface area contributed by atoms with Crippen LogP contribution in [0.3, 0.4) is 0 Å². The Balaban J connectivity index is 2.04. The molecule has 4 heteroatoms. The molecule has 2 heterocycles. The fourth-order valence-corrected chi connectivity index (χ4v) is 4.14.